The molecular weight excluding hydrogens is 170 g/mol. The van der Waals surface area contributed by atoms with Crippen LogP contribution in [0.5, 0.6) is 0 Å². The van der Waals surface area contributed by atoms with Crippen LogP contribution in [-0.4, -0.2) is 6.04 Å². The molecule has 0 amide bonds. The number of aryl methyl sites for hydroxylation is 1. The summed E-state index contributed by atoms with van der Waals surface area (Å²) in [7, 11) is 0. The largest absolute Gasteiger partial charge is 0.382 e. The molecule has 1 heterocycles. The SMILES string of the molecule is CC(C)C[C@H]1CCc2ccccc2N1. The van der Waals surface area contributed by atoms with Crippen LogP contribution in [0, 0.1) is 5.92 Å². The highest BCUT2D eigenvalue weighted by atomic mass is 14.9. The smallest absolute Gasteiger partial charge is 0.0374 e. The van der Waals surface area contributed by atoms with Crippen LogP contribution >= 0.6 is 0 Å². The molecule has 1 aliphatic heterocycles. The number of nitrogens with one attached hydrogen (secondary N) is 1. The van der Waals surface area contributed by atoms with Gasteiger partial charge in [0.05, 0.1) is 0 Å². The lowest BCUT2D eigenvalue weighted by atomic mass is 9.93. The molecule has 0 saturated carbocycles. The molecule has 1 nitrogen and oxygen atoms in total. The summed E-state index contributed by atoms with van der Waals surface area (Å²) in [6, 6.07) is 9.35. The Kier molecular flexibility index (Phi) is 2.76. The molecule has 0 unspecified atom stereocenters. The predicted octanol–water partition coefficient (Wildman–Crippen LogP) is 3.46. The fourth-order valence-corrected chi connectivity index (χ4v) is 2.25. The number of benzene rings is 1. The Morgan fingerprint density at radius 3 is 2.93 bits per heavy atom. The molecular formula is C13H19N. The normalized spacial score (nSPS) is 20.4. The molecule has 14 heavy (non-hydrogen) atoms. The third kappa shape index (κ3) is 2.09. The lowest BCUT2D eigenvalue weighted by molar-refractivity contribution is 0.487. The second-order valence-corrected chi connectivity index (χ2v) is 4.67. The van der Waals surface area contributed by atoms with Crippen molar-refractivity contribution in [3.63, 3.8) is 0 Å². The Morgan fingerprint density at radius 2 is 2.14 bits per heavy atom. The minimum atomic E-state index is 0.685. The van der Waals surface area contributed by atoms with E-state index >= 15 is 0 Å². The molecule has 1 heteroatoms. The Balaban J connectivity index is 2.06. The van der Waals surface area contributed by atoms with Crippen LogP contribution in [0.3, 0.4) is 0 Å². The van der Waals surface area contributed by atoms with E-state index in [4.69, 9.17) is 0 Å². The van der Waals surface area contributed by atoms with E-state index in [1.165, 1.54) is 30.5 Å². The van der Waals surface area contributed by atoms with Crippen molar-refractivity contribution in [2.75, 3.05) is 5.32 Å². The summed E-state index contributed by atoms with van der Waals surface area (Å²) < 4.78 is 0. The van der Waals surface area contributed by atoms with Gasteiger partial charge in [0.1, 0.15) is 0 Å². The van der Waals surface area contributed by atoms with Crippen LogP contribution in [0.1, 0.15) is 32.3 Å². The van der Waals surface area contributed by atoms with Gasteiger partial charge in [-0.2, -0.15) is 0 Å². The lowest BCUT2D eigenvalue weighted by Crippen LogP contribution is -2.26. The zero-order valence-electron chi connectivity index (χ0n) is 9.09. The van der Waals surface area contributed by atoms with E-state index in [-0.39, 0.29) is 0 Å². The van der Waals surface area contributed by atoms with Crippen molar-refractivity contribution in [3.8, 4) is 0 Å². The van der Waals surface area contributed by atoms with Crippen molar-refractivity contribution in [2.45, 2.75) is 39.2 Å². The molecule has 0 radical (unpaired) electrons. The number of anilines is 1. The van der Waals surface area contributed by atoms with E-state index in [1.54, 1.807) is 0 Å². The van der Waals surface area contributed by atoms with Gasteiger partial charge in [0.25, 0.3) is 0 Å². The summed E-state index contributed by atoms with van der Waals surface area (Å²) >= 11 is 0. The summed E-state index contributed by atoms with van der Waals surface area (Å²) in [6.07, 6.45) is 3.81. The zero-order valence-corrected chi connectivity index (χ0v) is 9.09. The topological polar surface area (TPSA) is 12.0 Å². The van der Waals surface area contributed by atoms with Gasteiger partial charge >= 0.3 is 0 Å². The van der Waals surface area contributed by atoms with Crippen molar-refractivity contribution in [3.05, 3.63) is 29.8 Å². The van der Waals surface area contributed by atoms with Crippen molar-refractivity contribution in [2.24, 2.45) is 5.92 Å². The van der Waals surface area contributed by atoms with Gasteiger partial charge in [-0.3, -0.25) is 0 Å². The van der Waals surface area contributed by atoms with E-state index in [9.17, 15) is 0 Å². The molecule has 1 atom stereocenters. The summed E-state index contributed by atoms with van der Waals surface area (Å²) in [6.45, 7) is 4.59. The molecule has 1 aromatic rings. The number of fused-ring (bicyclic) bond motifs is 1. The van der Waals surface area contributed by atoms with E-state index in [1.807, 2.05) is 0 Å². The van der Waals surface area contributed by atoms with Gasteiger partial charge in [0.2, 0.25) is 0 Å². The first-order valence-electron chi connectivity index (χ1n) is 5.60. The number of hydrogen-bond donors (Lipinski definition) is 1. The summed E-state index contributed by atoms with van der Waals surface area (Å²) in [5, 5.41) is 3.63. The van der Waals surface area contributed by atoms with Crippen LogP contribution in [-0.2, 0) is 6.42 Å². The summed E-state index contributed by atoms with van der Waals surface area (Å²) in [4.78, 5) is 0. The third-order valence-corrected chi connectivity index (χ3v) is 2.90. The molecule has 0 spiro atoms. The maximum absolute atomic E-state index is 3.63. The van der Waals surface area contributed by atoms with E-state index < -0.39 is 0 Å². The first-order valence-corrected chi connectivity index (χ1v) is 5.60. The van der Waals surface area contributed by atoms with E-state index in [0.29, 0.717) is 6.04 Å². The molecule has 0 aliphatic carbocycles. The fourth-order valence-electron chi connectivity index (χ4n) is 2.25. The minimum absolute atomic E-state index is 0.685. The van der Waals surface area contributed by atoms with E-state index in [2.05, 4.69) is 43.4 Å². The molecule has 2 rings (SSSR count). The number of hydrogen-bond acceptors (Lipinski definition) is 1. The Bertz CT molecular complexity index is 304. The van der Waals surface area contributed by atoms with Crippen LogP contribution in [0.2, 0.25) is 0 Å². The molecule has 1 aliphatic rings. The molecule has 1 aromatic carbocycles. The van der Waals surface area contributed by atoms with Crippen LogP contribution < -0.4 is 5.32 Å². The highest BCUT2D eigenvalue weighted by molar-refractivity contribution is 5.53. The average Bonchev–Trinajstić information content (AvgIpc) is 2.17. The Labute approximate surface area is 86.5 Å². The molecule has 76 valence electrons. The monoisotopic (exact) mass is 189 g/mol. The maximum Gasteiger partial charge on any atom is 0.0374 e. The van der Waals surface area contributed by atoms with Crippen LogP contribution in [0.25, 0.3) is 0 Å². The third-order valence-electron chi connectivity index (χ3n) is 2.90. The number of rotatable bonds is 2. The van der Waals surface area contributed by atoms with Gasteiger partial charge in [-0.15, -0.1) is 0 Å². The maximum atomic E-state index is 3.63. The molecule has 0 fully saturated rings. The second kappa shape index (κ2) is 4.04. The molecule has 0 aromatic heterocycles. The molecule has 0 saturated heterocycles. The quantitative estimate of drug-likeness (QED) is 0.751. The first kappa shape index (κ1) is 9.57. The highest BCUT2D eigenvalue weighted by Gasteiger charge is 2.17. The van der Waals surface area contributed by atoms with Gasteiger partial charge in [-0.25, -0.2) is 0 Å². The van der Waals surface area contributed by atoms with Gasteiger partial charge in [-0.05, 0) is 36.8 Å². The van der Waals surface area contributed by atoms with Crippen molar-refractivity contribution >= 4 is 5.69 Å². The minimum Gasteiger partial charge on any atom is -0.382 e. The fraction of sp³-hybridized carbons (Fsp3) is 0.538. The first-order chi connectivity index (χ1) is 6.75. The molecule has 1 N–H and O–H groups in total. The van der Waals surface area contributed by atoms with Gasteiger partial charge < -0.3 is 5.32 Å². The van der Waals surface area contributed by atoms with Crippen LogP contribution in [0.4, 0.5) is 5.69 Å². The Hall–Kier alpha value is -0.980. The molecule has 0 bridgehead atoms. The zero-order chi connectivity index (χ0) is 9.97. The lowest BCUT2D eigenvalue weighted by Gasteiger charge is -2.28. The van der Waals surface area contributed by atoms with Gasteiger partial charge in [-0.1, -0.05) is 32.0 Å². The standard InChI is InChI=1S/C13H19N/c1-10(2)9-12-8-7-11-5-3-4-6-13(11)14-12/h3-6,10,12,14H,7-9H2,1-2H3/t12-/m1/s1. The van der Waals surface area contributed by atoms with Crippen molar-refractivity contribution in [1.82, 2.24) is 0 Å². The number of para-hydroxylation sites is 1. The van der Waals surface area contributed by atoms with E-state index in [0.717, 1.165) is 5.92 Å². The second-order valence-electron chi connectivity index (χ2n) is 4.67. The Morgan fingerprint density at radius 1 is 1.36 bits per heavy atom. The van der Waals surface area contributed by atoms with Gasteiger partial charge in [0, 0.05) is 11.7 Å². The summed E-state index contributed by atoms with van der Waals surface area (Å²) in [5.41, 5.74) is 2.83. The van der Waals surface area contributed by atoms with Gasteiger partial charge in [0.15, 0.2) is 0 Å². The average molecular weight is 189 g/mol. The van der Waals surface area contributed by atoms with Crippen LogP contribution in [0.15, 0.2) is 24.3 Å². The highest BCUT2D eigenvalue weighted by Crippen LogP contribution is 2.26. The van der Waals surface area contributed by atoms with Crippen molar-refractivity contribution in [1.29, 1.82) is 0 Å². The van der Waals surface area contributed by atoms with Crippen molar-refractivity contribution < 1.29 is 0 Å². The predicted molar refractivity (Wildman–Crippen MR) is 61.6 cm³/mol. The summed E-state index contributed by atoms with van der Waals surface area (Å²) in [5.74, 6) is 0.790.